The predicted molar refractivity (Wildman–Crippen MR) is 71.2 cm³/mol. The first kappa shape index (κ1) is 14.0. The van der Waals surface area contributed by atoms with Crippen LogP contribution in [0.4, 0.5) is 0 Å². The summed E-state index contributed by atoms with van der Waals surface area (Å²) in [6, 6.07) is 10.0. The first-order chi connectivity index (χ1) is 7.84. The highest BCUT2D eigenvalue weighted by Gasteiger charge is 2.14. The summed E-state index contributed by atoms with van der Waals surface area (Å²) in [5.74, 6) is 0.130. The van der Waals surface area contributed by atoms with E-state index in [0.717, 1.165) is 18.7 Å². The van der Waals surface area contributed by atoms with Crippen molar-refractivity contribution in [2.75, 3.05) is 19.6 Å². The number of amides is 1. The Morgan fingerprint density at radius 3 is 2.47 bits per heavy atom. The van der Waals surface area contributed by atoms with Crippen LogP contribution in [0.5, 0.6) is 0 Å². The maximum atomic E-state index is 11.6. The highest BCUT2D eigenvalue weighted by molar-refractivity contribution is 5.85. The highest BCUT2D eigenvalue weighted by Crippen LogP contribution is 2.06. The summed E-state index contributed by atoms with van der Waals surface area (Å²) in [6.07, 6.45) is 2.46. The van der Waals surface area contributed by atoms with Crippen molar-refractivity contribution in [2.45, 2.75) is 19.4 Å². The normalized spacial score (nSPS) is 15.3. The molecule has 0 saturated carbocycles. The summed E-state index contributed by atoms with van der Waals surface area (Å²) in [7, 11) is 0. The molecule has 17 heavy (non-hydrogen) atoms. The number of halogens is 1. The lowest BCUT2D eigenvalue weighted by atomic mass is 10.2. The molecule has 4 heteroatoms. The number of rotatable bonds is 4. The molecule has 0 aliphatic carbocycles. The van der Waals surface area contributed by atoms with Gasteiger partial charge < -0.3 is 5.32 Å². The molecule has 1 saturated heterocycles. The van der Waals surface area contributed by atoms with Gasteiger partial charge in [0.05, 0.1) is 6.54 Å². The molecule has 0 spiro atoms. The zero-order valence-electron chi connectivity index (χ0n) is 9.89. The van der Waals surface area contributed by atoms with E-state index in [1.807, 2.05) is 30.3 Å². The van der Waals surface area contributed by atoms with Crippen LogP contribution in [-0.4, -0.2) is 30.4 Å². The van der Waals surface area contributed by atoms with Gasteiger partial charge in [0, 0.05) is 6.54 Å². The Morgan fingerprint density at radius 1 is 1.18 bits per heavy atom. The summed E-state index contributed by atoms with van der Waals surface area (Å²) in [4.78, 5) is 13.8. The molecule has 94 valence electrons. The maximum absolute atomic E-state index is 11.6. The van der Waals surface area contributed by atoms with Gasteiger partial charge in [-0.05, 0) is 31.5 Å². The molecule has 2 rings (SSSR count). The van der Waals surface area contributed by atoms with Crippen molar-refractivity contribution in [1.29, 1.82) is 0 Å². The van der Waals surface area contributed by atoms with Gasteiger partial charge in [0.15, 0.2) is 0 Å². The van der Waals surface area contributed by atoms with Crippen LogP contribution in [0.15, 0.2) is 30.3 Å². The quantitative estimate of drug-likeness (QED) is 0.889. The van der Waals surface area contributed by atoms with E-state index in [1.54, 1.807) is 0 Å². The third kappa shape index (κ3) is 4.75. The standard InChI is InChI=1S/C13H18N2O.ClH/c16-13(11-15-8-4-5-9-15)14-10-12-6-2-1-3-7-12;/h1-3,6-7H,4-5,8-11H2,(H,14,16);1H. The minimum absolute atomic E-state index is 0. The van der Waals surface area contributed by atoms with Crippen LogP contribution in [0.1, 0.15) is 18.4 Å². The van der Waals surface area contributed by atoms with Crippen LogP contribution in [-0.2, 0) is 11.3 Å². The molecule has 0 radical (unpaired) electrons. The number of nitrogens with one attached hydrogen (secondary N) is 1. The SMILES string of the molecule is Cl.O=C(CN1CCCC1)NCc1ccccc1. The van der Waals surface area contributed by atoms with Gasteiger partial charge in [-0.3, -0.25) is 9.69 Å². The Bertz CT molecular complexity index is 337. The molecule has 1 heterocycles. The Labute approximate surface area is 109 Å². The van der Waals surface area contributed by atoms with Crippen molar-refractivity contribution in [3.8, 4) is 0 Å². The van der Waals surface area contributed by atoms with Crippen molar-refractivity contribution in [1.82, 2.24) is 10.2 Å². The molecule has 1 aliphatic rings. The second kappa shape index (κ2) is 7.30. The van der Waals surface area contributed by atoms with Gasteiger partial charge in [0.1, 0.15) is 0 Å². The van der Waals surface area contributed by atoms with Crippen molar-refractivity contribution >= 4 is 18.3 Å². The van der Waals surface area contributed by atoms with E-state index in [0.29, 0.717) is 13.1 Å². The third-order valence-electron chi connectivity index (χ3n) is 2.90. The summed E-state index contributed by atoms with van der Waals surface area (Å²) in [6.45, 7) is 3.32. The Morgan fingerprint density at radius 2 is 1.82 bits per heavy atom. The molecule has 1 aromatic carbocycles. The van der Waals surface area contributed by atoms with Crippen LogP contribution < -0.4 is 5.32 Å². The van der Waals surface area contributed by atoms with E-state index in [4.69, 9.17) is 0 Å². The Kier molecular flexibility index (Phi) is 6.01. The zero-order chi connectivity index (χ0) is 11.2. The minimum atomic E-state index is 0. The predicted octanol–water partition coefficient (Wildman–Crippen LogP) is 1.82. The molecular formula is C13H19ClN2O. The second-order valence-electron chi connectivity index (χ2n) is 4.25. The van der Waals surface area contributed by atoms with Crippen LogP contribution in [0.3, 0.4) is 0 Å². The number of hydrogen-bond donors (Lipinski definition) is 1. The Hall–Kier alpha value is -1.06. The van der Waals surface area contributed by atoms with E-state index < -0.39 is 0 Å². The molecule has 0 unspecified atom stereocenters. The molecule has 1 aromatic rings. The monoisotopic (exact) mass is 254 g/mol. The van der Waals surface area contributed by atoms with Gasteiger partial charge in [0.2, 0.25) is 5.91 Å². The average molecular weight is 255 g/mol. The first-order valence-corrected chi connectivity index (χ1v) is 5.87. The summed E-state index contributed by atoms with van der Waals surface area (Å²) in [5.41, 5.74) is 1.15. The van der Waals surface area contributed by atoms with Gasteiger partial charge >= 0.3 is 0 Å². The number of benzene rings is 1. The number of carbonyl (C=O) groups excluding carboxylic acids is 1. The smallest absolute Gasteiger partial charge is 0.234 e. The largest absolute Gasteiger partial charge is 0.351 e. The minimum Gasteiger partial charge on any atom is -0.351 e. The molecule has 1 aliphatic heterocycles. The molecule has 1 fully saturated rings. The van der Waals surface area contributed by atoms with Gasteiger partial charge in [-0.1, -0.05) is 30.3 Å². The number of likely N-dealkylation sites (tertiary alicyclic amines) is 1. The number of nitrogens with zero attached hydrogens (tertiary/aromatic N) is 1. The highest BCUT2D eigenvalue weighted by atomic mass is 35.5. The zero-order valence-corrected chi connectivity index (χ0v) is 10.7. The van der Waals surface area contributed by atoms with Gasteiger partial charge in [-0.25, -0.2) is 0 Å². The lowest BCUT2D eigenvalue weighted by Gasteiger charge is -2.13. The molecule has 0 bridgehead atoms. The molecule has 0 aromatic heterocycles. The lowest BCUT2D eigenvalue weighted by molar-refractivity contribution is -0.122. The van der Waals surface area contributed by atoms with Gasteiger partial charge in [-0.2, -0.15) is 0 Å². The molecule has 1 amide bonds. The number of carbonyl (C=O) groups is 1. The van der Waals surface area contributed by atoms with Crippen LogP contribution in [0.25, 0.3) is 0 Å². The van der Waals surface area contributed by atoms with Crippen LogP contribution in [0, 0.1) is 0 Å². The van der Waals surface area contributed by atoms with E-state index >= 15 is 0 Å². The van der Waals surface area contributed by atoms with E-state index in [-0.39, 0.29) is 18.3 Å². The third-order valence-corrected chi connectivity index (χ3v) is 2.90. The summed E-state index contributed by atoms with van der Waals surface area (Å²) >= 11 is 0. The first-order valence-electron chi connectivity index (χ1n) is 5.87. The van der Waals surface area contributed by atoms with E-state index in [1.165, 1.54) is 12.8 Å². The summed E-state index contributed by atoms with van der Waals surface area (Å²) < 4.78 is 0. The fourth-order valence-electron chi connectivity index (χ4n) is 2.00. The van der Waals surface area contributed by atoms with Crippen molar-refractivity contribution < 1.29 is 4.79 Å². The number of hydrogen-bond acceptors (Lipinski definition) is 2. The second-order valence-corrected chi connectivity index (χ2v) is 4.25. The molecule has 1 N–H and O–H groups in total. The van der Waals surface area contributed by atoms with Crippen molar-refractivity contribution in [3.63, 3.8) is 0 Å². The topological polar surface area (TPSA) is 32.3 Å². The molecular weight excluding hydrogens is 236 g/mol. The van der Waals surface area contributed by atoms with Crippen LogP contribution >= 0.6 is 12.4 Å². The van der Waals surface area contributed by atoms with Crippen LogP contribution in [0.2, 0.25) is 0 Å². The maximum Gasteiger partial charge on any atom is 0.234 e. The summed E-state index contributed by atoms with van der Waals surface area (Å²) in [5, 5.41) is 2.95. The fraction of sp³-hybridized carbons (Fsp3) is 0.462. The molecule has 0 atom stereocenters. The van der Waals surface area contributed by atoms with E-state index in [9.17, 15) is 4.79 Å². The van der Waals surface area contributed by atoms with Gasteiger partial charge in [0.25, 0.3) is 0 Å². The average Bonchev–Trinajstić information content (AvgIpc) is 2.81. The van der Waals surface area contributed by atoms with Crippen molar-refractivity contribution in [2.24, 2.45) is 0 Å². The van der Waals surface area contributed by atoms with Gasteiger partial charge in [-0.15, -0.1) is 12.4 Å². The molecule has 3 nitrogen and oxygen atoms in total. The fourth-order valence-corrected chi connectivity index (χ4v) is 2.00. The Balaban J connectivity index is 0.00000144. The lowest BCUT2D eigenvalue weighted by Crippen LogP contribution is -2.35. The van der Waals surface area contributed by atoms with E-state index in [2.05, 4.69) is 10.2 Å². The van der Waals surface area contributed by atoms with Crippen molar-refractivity contribution in [3.05, 3.63) is 35.9 Å².